The molecule has 1 aromatic rings. The lowest BCUT2D eigenvalue weighted by atomic mass is 10.2. The summed E-state index contributed by atoms with van der Waals surface area (Å²) in [5, 5.41) is 0. The normalized spacial score (nSPS) is 16.6. The zero-order valence-electron chi connectivity index (χ0n) is 8.41. The van der Waals surface area contributed by atoms with E-state index in [4.69, 9.17) is 0 Å². The van der Waals surface area contributed by atoms with Crippen LogP contribution < -0.4 is 4.90 Å². The first-order valence-corrected chi connectivity index (χ1v) is 4.84. The van der Waals surface area contributed by atoms with Crippen LogP contribution in [0, 0.1) is 0 Å². The van der Waals surface area contributed by atoms with Gasteiger partial charge in [0.05, 0.1) is 18.7 Å². The van der Waals surface area contributed by atoms with Gasteiger partial charge >= 0.3 is 6.18 Å². The van der Waals surface area contributed by atoms with E-state index < -0.39 is 11.7 Å². The highest BCUT2D eigenvalue weighted by molar-refractivity contribution is 5.66. The van der Waals surface area contributed by atoms with Crippen LogP contribution in [0.25, 0.3) is 0 Å². The van der Waals surface area contributed by atoms with E-state index in [9.17, 15) is 13.2 Å². The molecule has 0 fully saturated rings. The molecule has 0 atom stereocenters. The summed E-state index contributed by atoms with van der Waals surface area (Å²) in [5.41, 5.74) is -0.720. The average Bonchev–Trinajstić information content (AvgIpc) is 2.29. The van der Waals surface area contributed by atoms with Crippen molar-refractivity contribution in [3.05, 3.63) is 23.9 Å². The number of aliphatic imine (C=N–C) groups is 1. The summed E-state index contributed by atoms with van der Waals surface area (Å²) in [7, 11) is 0. The fourth-order valence-corrected chi connectivity index (χ4v) is 1.47. The fourth-order valence-electron chi connectivity index (χ4n) is 1.47. The number of hydrogen-bond acceptors (Lipinski definition) is 3. The van der Waals surface area contributed by atoms with Crippen LogP contribution in [0.5, 0.6) is 0 Å². The van der Waals surface area contributed by atoms with Crippen LogP contribution in [-0.2, 0) is 6.18 Å². The smallest absolute Gasteiger partial charge is 0.350 e. The molecule has 0 unspecified atom stereocenters. The van der Waals surface area contributed by atoms with Crippen LogP contribution in [0.4, 0.5) is 19.0 Å². The van der Waals surface area contributed by atoms with Crippen molar-refractivity contribution in [1.29, 1.82) is 0 Å². The number of rotatable bonds is 1. The summed E-state index contributed by atoms with van der Waals surface area (Å²) < 4.78 is 36.9. The van der Waals surface area contributed by atoms with Gasteiger partial charge in [-0.1, -0.05) is 0 Å². The van der Waals surface area contributed by atoms with E-state index in [0.29, 0.717) is 25.5 Å². The van der Waals surface area contributed by atoms with Gasteiger partial charge in [-0.05, 0) is 12.1 Å². The second-order valence-corrected chi connectivity index (χ2v) is 3.44. The minimum absolute atomic E-state index is 0.555. The van der Waals surface area contributed by atoms with E-state index in [1.165, 1.54) is 6.07 Å². The maximum Gasteiger partial charge on any atom is 0.417 e. The summed E-state index contributed by atoms with van der Waals surface area (Å²) in [6.45, 7) is 1.94. The Balaban J connectivity index is 2.16. The Kier molecular flexibility index (Phi) is 2.80. The van der Waals surface area contributed by atoms with E-state index in [2.05, 4.69) is 9.98 Å². The van der Waals surface area contributed by atoms with Gasteiger partial charge in [0.2, 0.25) is 0 Å². The molecule has 0 saturated carbocycles. The molecule has 16 heavy (non-hydrogen) atoms. The van der Waals surface area contributed by atoms with Crippen LogP contribution in [0.2, 0.25) is 0 Å². The van der Waals surface area contributed by atoms with Gasteiger partial charge in [0.25, 0.3) is 0 Å². The molecular weight excluding hydrogens is 219 g/mol. The highest BCUT2D eigenvalue weighted by Crippen LogP contribution is 2.29. The first kappa shape index (κ1) is 10.9. The predicted octanol–water partition coefficient (Wildman–Crippen LogP) is 1.99. The van der Waals surface area contributed by atoms with Crippen LogP contribution in [0.1, 0.15) is 5.56 Å². The van der Waals surface area contributed by atoms with Crippen LogP contribution >= 0.6 is 0 Å². The number of aromatic nitrogens is 1. The molecule has 0 bridgehead atoms. The van der Waals surface area contributed by atoms with Crippen molar-refractivity contribution in [1.82, 2.24) is 4.98 Å². The van der Waals surface area contributed by atoms with Crippen LogP contribution in [0.3, 0.4) is 0 Å². The van der Waals surface area contributed by atoms with E-state index in [1.54, 1.807) is 6.21 Å². The third-order valence-corrected chi connectivity index (χ3v) is 2.33. The Morgan fingerprint density at radius 3 is 2.56 bits per heavy atom. The summed E-state index contributed by atoms with van der Waals surface area (Å²) in [5.74, 6) is 0.555. The minimum atomic E-state index is -4.32. The number of hydrogen-bond donors (Lipinski definition) is 0. The van der Waals surface area contributed by atoms with Crippen molar-refractivity contribution in [3.63, 3.8) is 0 Å². The molecule has 0 N–H and O–H groups in total. The Morgan fingerprint density at radius 2 is 2.06 bits per heavy atom. The number of anilines is 1. The second-order valence-electron chi connectivity index (χ2n) is 3.44. The molecule has 3 nitrogen and oxygen atoms in total. The number of halogens is 3. The highest BCUT2D eigenvalue weighted by Gasteiger charge is 2.30. The van der Waals surface area contributed by atoms with E-state index in [1.807, 2.05) is 4.90 Å². The van der Waals surface area contributed by atoms with Gasteiger partial charge in [-0.25, -0.2) is 4.98 Å². The fraction of sp³-hybridized carbons (Fsp3) is 0.400. The molecule has 1 aliphatic heterocycles. The first-order chi connectivity index (χ1) is 7.57. The lowest BCUT2D eigenvalue weighted by molar-refractivity contribution is -0.137. The molecule has 0 aliphatic carbocycles. The maximum absolute atomic E-state index is 12.3. The van der Waals surface area contributed by atoms with Gasteiger partial charge < -0.3 is 4.90 Å². The van der Waals surface area contributed by atoms with Gasteiger partial charge in [-0.15, -0.1) is 0 Å². The SMILES string of the molecule is FC(F)(F)c1ccc(N2CC=NCC2)nc1. The van der Waals surface area contributed by atoms with Crippen molar-refractivity contribution in [2.75, 3.05) is 24.5 Å². The monoisotopic (exact) mass is 229 g/mol. The quantitative estimate of drug-likeness (QED) is 0.736. The molecular formula is C10H10F3N3. The summed E-state index contributed by atoms with van der Waals surface area (Å²) in [4.78, 5) is 9.73. The van der Waals surface area contributed by atoms with E-state index in [0.717, 1.165) is 12.3 Å². The maximum atomic E-state index is 12.3. The van der Waals surface area contributed by atoms with Crippen molar-refractivity contribution in [2.24, 2.45) is 4.99 Å². The molecule has 0 aromatic carbocycles. The lowest BCUT2D eigenvalue weighted by Crippen LogP contribution is -2.32. The van der Waals surface area contributed by atoms with Crippen molar-refractivity contribution in [3.8, 4) is 0 Å². The molecule has 0 radical (unpaired) electrons. The first-order valence-electron chi connectivity index (χ1n) is 4.84. The topological polar surface area (TPSA) is 28.5 Å². The summed E-state index contributed by atoms with van der Waals surface area (Å²) in [6, 6.07) is 2.44. The summed E-state index contributed by atoms with van der Waals surface area (Å²) in [6.07, 6.45) is -1.72. The standard InChI is InChI=1S/C10H10F3N3/c11-10(12,13)8-1-2-9(15-7-8)16-5-3-14-4-6-16/h1-3,7H,4-6H2. The molecule has 0 spiro atoms. The molecule has 2 heterocycles. The number of nitrogens with zero attached hydrogens (tertiary/aromatic N) is 3. The second kappa shape index (κ2) is 4.11. The van der Waals surface area contributed by atoms with Crippen LogP contribution in [0.15, 0.2) is 23.3 Å². The zero-order valence-corrected chi connectivity index (χ0v) is 8.41. The Hall–Kier alpha value is -1.59. The van der Waals surface area contributed by atoms with Gasteiger partial charge in [0, 0.05) is 19.0 Å². The van der Waals surface area contributed by atoms with Crippen molar-refractivity contribution >= 4 is 12.0 Å². The van der Waals surface area contributed by atoms with Gasteiger partial charge in [0.1, 0.15) is 5.82 Å². The molecule has 0 saturated heterocycles. The highest BCUT2D eigenvalue weighted by atomic mass is 19.4. The van der Waals surface area contributed by atoms with E-state index in [-0.39, 0.29) is 0 Å². The minimum Gasteiger partial charge on any atom is -0.350 e. The molecule has 1 aliphatic rings. The summed E-state index contributed by atoms with van der Waals surface area (Å²) >= 11 is 0. The average molecular weight is 229 g/mol. The number of alkyl halides is 3. The predicted molar refractivity (Wildman–Crippen MR) is 54.8 cm³/mol. The Morgan fingerprint density at radius 1 is 1.25 bits per heavy atom. The largest absolute Gasteiger partial charge is 0.417 e. The Bertz CT molecular complexity index is 383. The molecule has 1 aromatic heterocycles. The lowest BCUT2D eigenvalue weighted by Gasteiger charge is -2.23. The molecule has 6 heteroatoms. The van der Waals surface area contributed by atoms with E-state index >= 15 is 0 Å². The van der Waals surface area contributed by atoms with Gasteiger partial charge in [-0.3, -0.25) is 4.99 Å². The molecule has 2 rings (SSSR count). The van der Waals surface area contributed by atoms with Gasteiger partial charge in [-0.2, -0.15) is 13.2 Å². The Labute approximate surface area is 90.6 Å². The van der Waals surface area contributed by atoms with Crippen molar-refractivity contribution < 1.29 is 13.2 Å². The van der Waals surface area contributed by atoms with Crippen LogP contribution in [-0.4, -0.2) is 30.8 Å². The third-order valence-electron chi connectivity index (χ3n) is 2.33. The van der Waals surface area contributed by atoms with Crippen molar-refractivity contribution in [2.45, 2.75) is 6.18 Å². The molecule has 86 valence electrons. The van der Waals surface area contributed by atoms with Gasteiger partial charge in [0.15, 0.2) is 0 Å². The number of pyridine rings is 1. The zero-order chi connectivity index (χ0) is 11.6. The third kappa shape index (κ3) is 2.32. The molecule has 0 amide bonds.